The van der Waals surface area contributed by atoms with Crippen LogP contribution in [0.3, 0.4) is 0 Å². The molecule has 0 aromatic carbocycles. The van der Waals surface area contributed by atoms with Crippen LogP contribution in [0.1, 0.15) is 0 Å². The van der Waals surface area contributed by atoms with E-state index in [1.807, 2.05) is 48.8 Å². The van der Waals surface area contributed by atoms with Crippen LogP contribution >= 0.6 is 0 Å². The predicted molar refractivity (Wildman–Crippen MR) is 68.9 cm³/mol. The lowest BCUT2D eigenvalue weighted by atomic mass is 10.1. The molecule has 2 aromatic heterocycles. The summed E-state index contributed by atoms with van der Waals surface area (Å²) in [6.45, 7) is 1.88. The lowest BCUT2D eigenvalue weighted by Gasteiger charge is -2.17. The predicted octanol–water partition coefficient (Wildman–Crippen LogP) is 1.34. The molecular formula is C12H12BN4. The van der Waals surface area contributed by atoms with E-state index in [0.717, 1.165) is 24.7 Å². The topological polar surface area (TPSA) is 32.3 Å². The molecule has 0 unspecified atom stereocenters. The van der Waals surface area contributed by atoms with Crippen LogP contribution in [-0.4, -0.2) is 30.6 Å². The normalized spacial score (nSPS) is 14.8. The minimum Gasteiger partial charge on any atom is -0.382 e. The molecule has 2 aromatic rings. The molecule has 1 fully saturated rings. The highest BCUT2D eigenvalue weighted by molar-refractivity contribution is 6.47. The van der Waals surface area contributed by atoms with Crippen LogP contribution in [0.2, 0.25) is 0 Å². The molecule has 0 amide bonds. The summed E-state index contributed by atoms with van der Waals surface area (Å²) < 4.78 is 0. The minimum atomic E-state index is 0.938. The number of hydrogen-bond acceptors (Lipinski definition) is 4. The fraction of sp³-hybridized carbons (Fsp3) is 0.167. The van der Waals surface area contributed by atoms with Gasteiger partial charge in [0.05, 0.1) is 0 Å². The third kappa shape index (κ3) is 2.09. The standard InChI is InChI=1S/C12H12BN4/c1-3-7-14-11(5-1)16-9-10-17(13-16)12-6-2-4-8-15-12/h1-8H,9-10H2. The van der Waals surface area contributed by atoms with E-state index < -0.39 is 0 Å². The zero-order chi connectivity index (χ0) is 11.5. The van der Waals surface area contributed by atoms with Gasteiger partial charge in [-0.15, -0.1) is 0 Å². The van der Waals surface area contributed by atoms with Crippen LogP contribution < -0.4 is 9.62 Å². The molecular weight excluding hydrogens is 211 g/mol. The molecule has 5 heteroatoms. The van der Waals surface area contributed by atoms with E-state index in [9.17, 15) is 0 Å². The Morgan fingerprint density at radius 2 is 1.35 bits per heavy atom. The van der Waals surface area contributed by atoms with E-state index in [4.69, 9.17) is 0 Å². The molecule has 0 aliphatic carbocycles. The summed E-state index contributed by atoms with van der Waals surface area (Å²) >= 11 is 0. The second-order valence-corrected chi connectivity index (χ2v) is 3.88. The quantitative estimate of drug-likeness (QED) is 0.719. The van der Waals surface area contributed by atoms with Crippen LogP contribution in [0.25, 0.3) is 0 Å². The van der Waals surface area contributed by atoms with Gasteiger partial charge in [-0.2, -0.15) is 0 Å². The van der Waals surface area contributed by atoms with Gasteiger partial charge in [0.2, 0.25) is 0 Å². The average molecular weight is 223 g/mol. The van der Waals surface area contributed by atoms with Crippen molar-refractivity contribution in [3.8, 4) is 0 Å². The van der Waals surface area contributed by atoms with E-state index in [0.29, 0.717) is 0 Å². The first kappa shape index (κ1) is 10.1. The molecule has 4 nitrogen and oxygen atoms in total. The maximum absolute atomic E-state index is 4.34. The van der Waals surface area contributed by atoms with Crippen molar-refractivity contribution in [1.29, 1.82) is 0 Å². The van der Waals surface area contributed by atoms with Gasteiger partial charge in [-0.3, -0.25) is 0 Å². The van der Waals surface area contributed by atoms with Crippen molar-refractivity contribution < 1.29 is 0 Å². The number of hydrogen-bond donors (Lipinski definition) is 0. The second-order valence-electron chi connectivity index (χ2n) is 3.88. The average Bonchev–Trinajstić information content (AvgIpc) is 2.90. The summed E-state index contributed by atoms with van der Waals surface area (Å²) in [6, 6.07) is 11.9. The van der Waals surface area contributed by atoms with Crippen LogP contribution in [0.4, 0.5) is 11.6 Å². The van der Waals surface area contributed by atoms with Crippen molar-refractivity contribution in [1.82, 2.24) is 9.97 Å². The molecule has 0 bridgehead atoms. The van der Waals surface area contributed by atoms with Gasteiger partial charge in [-0.1, -0.05) is 12.1 Å². The Morgan fingerprint density at radius 3 is 1.76 bits per heavy atom. The molecule has 3 heterocycles. The van der Waals surface area contributed by atoms with Crippen molar-refractivity contribution in [2.24, 2.45) is 0 Å². The minimum absolute atomic E-state index is 0.938. The van der Waals surface area contributed by atoms with E-state index >= 15 is 0 Å². The molecule has 1 saturated heterocycles. The Hall–Kier alpha value is -2.04. The Morgan fingerprint density at radius 1 is 0.824 bits per heavy atom. The molecule has 0 saturated carbocycles. The lowest BCUT2D eigenvalue weighted by molar-refractivity contribution is 0.994. The molecule has 1 aliphatic heterocycles. The Labute approximate surface area is 101 Å². The van der Waals surface area contributed by atoms with Gasteiger partial charge in [0.25, 0.3) is 0 Å². The molecule has 0 atom stereocenters. The SMILES string of the molecule is [B]1N(c2ccccn2)CCN1c1ccccn1. The number of nitrogens with zero attached hydrogens (tertiary/aromatic N) is 4. The van der Waals surface area contributed by atoms with Crippen molar-refractivity contribution in [3.63, 3.8) is 0 Å². The summed E-state index contributed by atoms with van der Waals surface area (Å²) in [6.07, 6.45) is 3.62. The summed E-state index contributed by atoms with van der Waals surface area (Å²) in [5.74, 6) is 1.96. The zero-order valence-corrected chi connectivity index (χ0v) is 9.40. The van der Waals surface area contributed by atoms with Crippen molar-refractivity contribution in [3.05, 3.63) is 48.8 Å². The van der Waals surface area contributed by atoms with Crippen molar-refractivity contribution in [2.45, 2.75) is 0 Å². The summed E-state index contributed by atoms with van der Waals surface area (Å²) in [7, 11) is 2.06. The Bertz CT molecular complexity index is 431. The highest BCUT2D eigenvalue weighted by Gasteiger charge is 2.24. The zero-order valence-electron chi connectivity index (χ0n) is 9.40. The monoisotopic (exact) mass is 223 g/mol. The number of aromatic nitrogens is 2. The molecule has 83 valence electrons. The Kier molecular flexibility index (Phi) is 2.65. The van der Waals surface area contributed by atoms with Gasteiger partial charge in [0.1, 0.15) is 11.6 Å². The van der Waals surface area contributed by atoms with E-state index in [-0.39, 0.29) is 0 Å². The third-order valence-electron chi connectivity index (χ3n) is 2.75. The smallest absolute Gasteiger partial charge is 0.382 e. The number of rotatable bonds is 2. The van der Waals surface area contributed by atoms with E-state index in [1.165, 1.54) is 0 Å². The maximum atomic E-state index is 4.34. The van der Waals surface area contributed by atoms with Crippen LogP contribution in [0.15, 0.2) is 48.8 Å². The first-order valence-electron chi connectivity index (χ1n) is 5.64. The number of anilines is 2. The van der Waals surface area contributed by atoms with Gasteiger partial charge in [0, 0.05) is 25.5 Å². The fourth-order valence-corrected chi connectivity index (χ4v) is 1.89. The largest absolute Gasteiger partial charge is 0.394 e. The molecule has 0 spiro atoms. The lowest BCUT2D eigenvalue weighted by Crippen LogP contribution is -2.30. The van der Waals surface area contributed by atoms with Gasteiger partial charge in [0.15, 0.2) is 0 Å². The Balaban J connectivity index is 1.75. The fourth-order valence-electron chi connectivity index (χ4n) is 1.89. The summed E-state index contributed by atoms with van der Waals surface area (Å²) in [5.41, 5.74) is 0. The number of pyridine rings is 2. The first-order valence-corrected chi connectivity index (χ1v) is 5.64. The van der Waals surface area contributed by atoms with Gasteiger partial charge in [-0.25, -0.2) is 9.97 Å². The van der Waals surface area contributed by atoms with E-state index in [2.05, 4.69) is 27.1 Å². The van der Waals surface area contributed by atoms with Crippen molar-refractivity contribution in [2.75, 3.05) is 22.7 Å². The molecule has 3 rings (SSSR count). The summed E-state index contributed by atoms with van der Waals surface area (Å²) in [4.78, 5) is 12.9. The second kappa shape index (κ2) is 4.45. The first-order chi connectivity index (χ1) is 8.43. The van der Waals surface area contributed by atoms with Gasteiger partial charge >= 0.3 is 7.55 Å². The van der Waals surface area contributed by atoms with Gasteiger partial charge < -0.3 is 9.62 Å². The van der Waals surface area contributed by atoms with E-state index in [1.54, 1.807) is 0 Å². The maximum Gasteiger partial charge on any atom is 0.394 e. The van der Waals surface area contributed by atoms with Gasteiger partial charge in [-0.05, 0) is 24.3 Å². The highest BCUT2D eigenvalue weighted by atomic mass is 15.3. The highest BCUT2D eigenvalue weighted by Crippen LogP contribution is 2.17. The molecule has 17 heavy (non-hydrogen) atoms. The van der Waals surface area contributed by atoms with Crippen molar-refractivity contribution >= 4 is 19.2 Å². The molecule has 0 N–H and O–H groups in total. The molecule has 1 aliphatic rings. The van der Waals surface area contributed by atoms with Crippen LogP contribution in [-0.2, 0) is 0 Å². The third-order valence-corrected chi connectivity index (χ3v) is 2.75. The summed E-state index contributed by atoms with van der Waals surface area (Å²) in [5, 5.41) is 0. The van der Waals surface area contributed by atoms with Crippen LogP contribution in [0.5, 0.6) is 0 Å². The molecule has 1 radical (unpaired) electrons. The van der Waals surface area contributed by atoms with Crippen LogP contribution in [0, 0.1) is 0 Å².